The van der Waals surface area contributed by atoms with Gasteiger partial charge >= 0.3 is 0 Å². The molecule has 0 aliphatic rings. The zero-order chi connectivity index (χ0) is 11.1. The molecule has 14 heavy (non-hydrogen) atoms. The minimum absolute atomic E-state index is 0.166. The van der Waals surface area contributed by atoms with E-state index in [-0.39, 0.29) is 6.10 Å². The summed E-state index contributed by atoms with van der Waals surface area (Å²) in [7, 11) is 1.80. The Kier molecular flexibility index (Phi) is 6.46. The van der Waals surface area contributed by atoms with Gasteiger partial charge in [-0.2, -0.15) is 0 Å². The van der Waals surface area contributed by atoms with Crippen LogP contribution in [0.15, 0.2) is 17.1 Å². The molecule has 2 heteroatoms. The molecule has 0 rings (SSSR count). The van der Waals surface area contributed by atoms with Crippen molar-refractivity contribution in [2.24, 2.45) is 10.9 Å². The lowest BCUT2D eigenvalue weighted by Crippen LogP contribution is -2.15. The van der Waals surface area contributed by atoms with Crippen LogP contribution >= 0.6 is 0 Å². The van der Waals surface area contributed by atoms with E-state index in [1.54, 1.807) is 7.05 Å². The van der Waals surface area contributed by atoms with Crippen LogP contribution in [0.2, 0.25) is 0 Å². The summed E-state index contributed by atoms with van der Waals surface area (Å²) < 4.78 is 0. The molecule has 0 aliphatic carbocycles. The molecule has 82 valence electrons. The van der Waals surface area contributed by atoms with Crippen molar-refractivity contribution < 1.29 is 5.11 Å². The Morgan fingerprint density at radius 1 is 1.43 bits per heavy atom. The molecule has 0 fully saturated rings. The highest BCUT2D eigenvalue weighted by Gasteiger charge is 2.12. The predicted molar refractivity (Wildman–Crippen MR) is 62.9 cm³/mol. The van der Waals surface area contributed by atoms with Crippen molar-refractivity contribution >= 4 is 5.71 Å². The van der Waals surface area contributed by atoms with Gasteiger partial charge < -0.3 is 5.11 Å². The summed E-state index contributed by atoms with van der Waals surface area (Å²) in [5, 5.41) is 9.44. The first-order valence-electron chi connectivity index (χ1n) is 5.33. The van der Waals surface area contributed by atoms with Crippen LogP contribution in [0.1, 0.15) is 40.0 Å². The van der Waals surface area contributed by atoms with Crippen LogP contribution in [-0.2, 0) is 0 Å². The monoisotopic (exact) mass is 197 g/mol. The van der Waals surface area contributed by atoms with Crippen LogP contribution in [0.5, 0.6) is 0 Å². The number of allylic oxidation sites excluding steroid dienone is 1. The number of aliphatic hydroxyl groups is 1. The van der Waals surface area contributed by atoms with Crippen LogP contribution in [-0.4, -0.2) is 24.0 Å². The number of aliphatic imine (C=N–C) groups is 1. The quantitative estimate of drug-likeness (QED) is 0.652. The summed E-state index contributed by atoms with van der Waals surface area (Å²) in [6.07, 6.45) is 2.50. The number of aliphatic hydroxyl groups excluding tert-OH is 1. The predicted octanol–water partition coefficient (Wildman–Crippen LogP) is 2.82. The van der Waals surface area contributed by atoms with Crippen molar-refractivity contribution in [1.29, 1.82) is 0 Å². The molecule has 0 aromatic heterocycles. The second-order valence-electron chi connectivity index (χ2n) is 3.93. The van der Waals surface area contributed by atoms with Gasteiger partial charge in [0, 0.05) is 12.8 Å². The number of hydrogen-bond donors (Lipinski definition) is 1. The Bertz CT molecular complexity index is 208. The van der Waals surface area contributed by atoms with E-state index in [0.29, 0.717) is 5.92 Å². The van der Waals surface area contributed by atoms with E-state index in [0.717, 1.165) is 30.5 Å². The zero-order valence-electron chi connectivity index (χ0n) is 9.88. The van der Waals surface area contributed by atoms with Crippen molar-refractivity contribution in [2.45, 2.75) is 46.1 Å². The Labute approximate surface area is 87.8 Å². The summed E-state index contributed by atoms with van der Waals surface area (Å²) in [6.45, 7) is 10.0. The summed E-state index contributed by atoms with van der Waals surface area (Å²) in [4.78, 5) is 4.23. The van der Waals surface area contributed by atoms with E-state index in [9.17, 15) is 5.11 Å². The molecule has 0 heterocycles. The fourth-order valence-corrected chi connectivity index (χ4v) is 1.62. The van der Waals surface area contributed by atoms with E-state index in [1.807, 2.05) is 13.8 Å². The van der Waals surface area contributed by atoms with Crippen LogP contribution in [0.4, 0.5) is 0 Å². The molecule has 0 spiro atoms. The average molecular weight is 197 g/mol. The number of nitrogens with zero attached hydrogens (tertiary/aromatic N) is 1. The van der Waals surface area contributed by atoms with Gasteiger partial charge in [0.25, 0.3) is 0 Å². The third kappa shape index (κ3) is 4.56. The van der Waals surface area contributed by atoms with Gasteiger partial charge in [0.2, 0.25) is 0 Å². The lowest BCUT2D eigenvalue weighted by Gasteiger charge is -2.16. The maximum absolute atomic E-state index is 9.44. The Morgan fingerprint density at radius 2 is 2.00 bits per heavy atom. The van der Waals surface area contributed by atoms with Crippen LogP contribution < -0.4 is 0 Å². The first-order valence-corrected chi connectivity index (χ1v) is 5.33. The van der Waals surface area contributed by atoms with Gasteiger partial charge in [-0.15, -0.1) is 0 Å². The van der Waals surface area contributed by atoms with E-state index >= 15 is 0 Å². The van der Waals surface area contributed by atoms with Gasteiger partial charge in [-0.1, -0.05) is 20.4 Å². The normalized spacial score (nSPS) is 16.5. The van der Waals surface area contributed by atoms with Crippen molar-refractivity contribution in [3.05, 3.63) is 12.2 Å². The van der Waals surface area contributed by atoms with Crippen molar-refractivity contribution in [2.75, 3.05) is 7.05 Å². The van der Waals surface area contributed by atoms with E-state index < -0.39 is 0 Å². The third-order valence-corrected chi connectivity index (χ3v) is 2.55. The van der Waals surface area contributed by atoms with Crippen LogP contribution in [0.3, 0.4) is 0 Å². The highest BCUT2D eigenvalue weighted by Crippen LogP contribution is 2.15. The summed E-state index contributed by atoms with van der Waals surface area (Å²) in [6, 6.07) is 0. The number of hydrogen-bond acceptors (Lipinski definition) is 2. The first kappa shape index (κ1) is 13.4. The van der Waals surface area contributed by atoms with Crippen LogP contribution in [0.25, 0.3) is 0 Å². The third-order valence-electron chi connectivity index (χ3n) is 2.55. The molecular formula is C12H23NO. The Hall–Kier alpha value is -0.630. The van der Waals surface area contributed by atoms with Crippen LogP contribution in [0, 0.1) is 5.92 Å². The molecule has 0 aromatic carbocycles. The first-order chi connectivity index (χ1) is 6.52. The molecule has 0 saturated carbocycles. The lowest BCUT2D eigenvalue weighted by molar-refractivity contribution is 0.155. The van der Waals surface area contributed by atoms with Gasteiger partial charge in [-0.05, 0) is 37.7 Å². The van der Waals surface area contributed by atoms with Crippen molar-refractivity contribution in [1.82, 2.24) is 0 Å². The molecule has 2 unspecified atom stereocenters. The Morgan fingerprint density at radius 3 is 2.36 bits per heavy atom. The highest BCUT2D eigenvalue weighted by molar-refractivity contribution is 6.00. The molecule has 2 atom stereocenters. The molecule has 0 radical (unpaired) electrons. The van der Waals surface area contributed by atoms with Gasteiger partial charge in [-0.3, -0.25) is 4.99 Å². The second-order valence-corrected chi connectivity index (χ2v) is 3.93. The summed E-state index contributed by atoms with van der Waals surface area (Å²) in [5.74, 6) is 0.402. The minimum atomic E-state index is -0.166. The van der Waals surface area contributed by atoms with E-state index in [1.165, 1.54) is 0 Å². The molecule has 0 amide bonds. The van der Waals surface area contributed by atoms with E-state index in [4.69, 9.17) is 0 Å². The molecule has 0 bridgehead atoms. The zero-order valence-corrected chi connectivity index (χ0v) is 9.88. The smallest absolute Gasteiger partial charge is 0.0537 e. The maximum atomic E-state index is 9.44. The maximum Gasteiger partial charge on any atom is 0.0537 e. The minimum Gasteiger partial charge on any atom is -0.393 e. The SMILES string of the molecule is C=C(C)C(=NC)C(C)CCC(O)CC. The van der Waals surface area contributed by atoms with Gasteiger partial charge in [0.05, 0.1) is 6.10 Å². The molecule has 0 aliphatic heterocycles. The summed E-state index contributed by atoms with van der Waals surface area (Å²) >= 11 is 0. The van der Waals surface area contributed by atoms with Gasteiger partial charge in [-0.25, -0.2) is 0 Å². The summed E-state index contributed by atoms with van der Waals surface area (Å²) in [5.41, 5.74) is 2.11. The average Bonchev–Trinajstić information content (AvgIpc) is 2.14. The van der Waals surface area contributed by atoms with Gasteiger partial charge in [0.1, 0.15) is 0 Å². The second kappa shape index (κ2) is 6.77. The topological polar surface area (TPSA) is 32.6 Å². The largest absolute Gasteiger partial charge is 0.393 e. The fourth-order valence-electron chi connectivity index (χ4n) is 1.62. The Balaban J connectivity index is 4.06. The molecule has 0 saturated heterocycles. The fraction of sp³-hybridized carbons (Fsp3) is 0.750. The van der Waals surface area contributed by atoms with Gasteiger partial charge in [0.15, 0.2) is 0 Å². The van der Waals surface area contributed by atoms with E-state index in [2.05, 4.69) is 18.5 Å². The molecular weight excluding hydrogens is 174 g/mol. The lowest BCUT2D eigenvalue weighted by atomic mass is 9.93. The highest BCUT2D eigenvalue weighted by atomic mass is 16.3. The van der Waals surface area contributed by atoms with Crippen molar-refractivity contribution in [3.8, 4) is 0 Å². The molecule has 2 nitrogen and oxygen atoms in total. The number of rotatable bonds is 6. The molecule has 1 N–H and O–H groups in total. The standard InChI is InChI=1S/C12H23NO/c1-6-11(14)8-7-10(4)12(13-5)9(2)3/h10-11,14H,2,6-8H2,1,3-5H3. The molecule has 0 aromatic rings. The van der Waals surface area contributed by atoms with Crippen molar-refractivity contribution in [3.63, 3.8) is 0 Å².